The van der Waals surface area contributed by atoms with Crippen molar-refractivity contribution in [2.75, 3.05) is 5.43 Å². The molecular weight excluding hydrogens is 252 g/mol. The number of anilines is 1. The highest BCUT2D eigenvalue weighted by atomic mass is 16.6. The van der Waals surface area contributed by atoms with Crippen LogP contribution in [0.4, 0.5) is 17.1 Å². The summed E-state index contributed by atoms with van der Waals surface area (Å²) < 4.78 is 0. The lowest BCUT2D eigenvalue weighted by molar-refractivity contribution is -0.393. The first-order chi connectivity index (χ1) is 9.06. The third kappa shape index (κ3) is 4.06. The smallest absolute Gasteiger partial charge is 0.272 e. The van der Waals surface area contributed by atoms with Crippen molar-refractivity contribution in [3.8, 4) is 0 Å². The van der Waals surface area contributed by atoms with E-state index in [-0.39, 0.29) is 11.4 Å². The lowest BCUT2D eigenvalue weighted by Gasteiger charge is -2.01. The third-order valence-corrected chi connectivity index (χ3v) is 2.03. The molecule has 0 radical (unpaired) electrons. The first-order valence-electron chi connectivity index (χ1n) is 5.11. The molecule has 0 aliphatic rings. The fourth-order valence-electron chi connectivity index (χ4n) is 1.18. The van der Waals surface area contributed by atoms with Crippen molar-refractivity contribution in [2.24, 2.45) is 5.10 Å². The van der Waals surface area contributed by atoms with Gasteiger partial charge in [0, 0.05) is 18.7 Å². The monoisotopic (exact) mass is 262 g/mol. The van der Waals surface area contributed by atoms with Crippen molar-refractivity contribution >= 4 is 23.3 Å². The third-order valence-electron chi connectivity index (χ3n) is 2.03. The Hall–Kier alpha value is -2.99. The lowest BCUT2D eigenvalue weighted by Crippen LogP contribution is -1.98. The van der Waals surface area contributed by atoms with Crippen LogP contribution < -0.4 is 5.43 Å². The normalized spacial score (nSPS) is 9.89. The Bertz CT molecular complexity index is 576. The van der Waals surface area contributed by atoms with Crippen LogP contribution in [0.5, 0.6) is 0 Å². The Morgan fingerprint density at radius 2 is 2.11 bits per heavy atom. The fraction of sp³-hybridized carbons (Fsp3) is 0.0909. The number of nitrogens with one attached hydrogen (secondary N) is 1. The summed E-state index contributed by atoms with van der Waals surface area (Å²) in [5.74, 6) is 0. The molecule has 0 saturated heterocycles. The number of allylic oxidation sites excluding steroid dienone is 1. The topological polar surface area (TPSA) is 111 Å². The average Bonchev–Trinajstić information content (AvgIpc) is 2.38. The maximum atomic E-state index is 10.8. The standard InChI is InChI=1S/C11H10N4O4/c1-2-3-4-7-12-13-10-6-5-9(14(16)17)8-11(10)15(18)19/h3,5-8,13H,1,4H2. The van der Waals surface area contributed by atoms with Crippen LogP contribution in [0.1, 0.15) is 6.42 Å². The lowest BCUT2D eigenvalue weighted by atomic mass is 10.2. The molecule has 0 unspecified atom stereocenters. The van der Waals surface area contributed by atoms with Crippen LogP contribution in [-0.4, -0.2) is 16.1 Å². The molecule has 0 fully saturated rings. The van der Waals surface area contributed by atoms with Crippen molar-refractivity contribution in [2.45, 2.75) is 6.42 Å². The van der Waals surface area contributed by atoms with Gasteiger partial charge < -0.3 is 0 Å². The zero-order chi connectivity index (χ0) is 14.3. The molecule has 8 heteroatoms. The van der Waals surface area contributed by atoms with Crippen molar-refractivity contribution in [1.82, 2.24) is 0 Å². The minimum atomic E-state index is -0.714. The van der Waals surface area contributed by atoms with Crippen molar-refractivity contribution in [3.63, 3.8) is 0 Å². The molecule has 0 atom stereocenters. The van der Waals surface area contributed by atoms with Gasteiger partial charge in [-0.05, 0) is 12.1 Å². The molecule has 0 aliphatic heterocycles. The Morgan fingerprint density at radius 1 is 1.37 bits per heavy atom. The minimum Gasteiger partial charge on any atom is -0.272 e. The number of hydrogen-bond donors (Lipinski definition) is 1. The van der Waals surface area contributed by atoms with Crippen LogP contribution in [-0.2, 0) is 0 Å². The summed E-state index contributed by atoms with van der Waals surface area (Å²) in [4.78, 5) is 19.9. The molecule has 0 spiro atoms. The van der Waals surface area contributed by atoms with Crippen LogP contribution in [0.25, 0.3) is 0 Å². The Balaban J connectivity index is 2.94. The molecule has 0 amide bonds. The number of hydrogen-bond acceptors (Lipinski definition) is 6. The van der Waals surface area contributed by atoms with E-state index in [0.29, 0.717) is 6.42 Å². The summed E-state index contributed by atoms with van der Waals surface area (Å²) in [7, 11) is 0. The van der Waals surface area contributed by atoms with Gasteiger partial charge in [-0.3, -0.25) is 25.7 Å². The number of hydrazone groups is 1. The van der Waals surface area contributed by atoms with Gasteiger partial charge in [0.25, 0.3) is 5.69 Å². The van der Waals surface area contributed by atoms with Gasteiger partial charge in [0.2, 0.25) is 0 Å². The Kier molecular flexibility index (Phi) is 4.94. The predicted octanol–water partition coefficient (Wildman–Crippen LogP) is 2.63. The second kappa shape index (κ2) is 6.67. The van der Waals surface area contributed by atoms with Crippen molar-refractivity contribution in [1.29, 1.82) is 0 Å². The largest absolute Gasteiger partial charge is 0.301 e. The molecule has 1 rings (SSSR count). The summed E-state index contributed by atoms with van der Waals surface area (Å²) >= 11 is 0. The Morgan fingerprint density at radius 3 is 2.68 bits per heavy atom. The quantitative estimate of drug-likeness (QED) is 0.366. The Labute approximate surface area is 108 Å². The molecule has 0 aromatic heterocycles. The van der Waals surface area contributed by atoms with Crippen LogP contribution in [0.2, 0.25) is 0 Å². The van der Waals surface area contributed by atoms with Gasteiger partial charge in [-0.25, -0.2) is 0 Å². The van der Waals surface area contributed by atoms with Crippen molar-refractivity contribution < 1.29 is 9.85 Å². The molecule has 8 nitrogen and oxygen atoms in total. The van der Waals surface area contributed by atoms with Crippen LogP contribution in [0, 0.1) is 20.2 Å². The molecular formula is C11H10N4O4. The van der Waals surface area contributed by atoms with E-state index in [4.69, 9.17) is 0 Å². The molecule has 1 aromatic rings. The highest BCUT2D eigenvalue weighted by Crippen LogP contribution is 2.28. The van der Waals surface area contributed by atoms with E-state index in [1.54, 1.807) is 6.08 Å². The van der Waals surface area contributed by atoms with E-state index >= 15 is 0 Å². The van der Waals surface area contributed by atoms with Gasteiger partial charge >= 0.3 is 5.69 Å². The van der Waals surface area contributed by atoms with Crippen LogP contribution in [0.3, 0.4) is 0 Å². The maximum Gasteiger partial charge on any atom is 0.301 e. The second-order valence-electron chi connectivity index (χ2n) is 3.28. The van der Waals surface area contributed by atoms with E-state index in [0.717, 1.165) is 12.1 Å². The number of rotatable bonds is 6. The summed E-state index contributed by atoms with van der Waals surface area (Å²) in [6.45, 7) is 3.36. The number of nitrogens with zero attached hydrogens (tertiary/aromatic N) is 3. The molecule has 98 valence electrons. The highest BCUT2D eigenvalue weighted by molar-refractivity contribution is 5.67. The second-order valence-corrected chi connectivity index (χ2v) is 3.28. The number of benzene rings is 1. The van der Waals surface area contributed by atoms with Gasteiger partial charge in [-0.2, -0.15) is 5.10 Å². The summed E-state index contributed by atoms with van der Waals surface area (Å²) in [5.41, 5.74) is 4.31. The maximum absolute atomic E-state index is 10.8. The van der Waals surface area contributed by atoms with Crippen molar-refractivity contribution in [3.05, 3.63) is 56.8 Å². The summed E-state index contributed by atoms with van der Waals surface area (Å²) in [6, 6.07) is 3.27. The molecule has 0 heterocycles. The number of nitro benzene ring substituents is 2. The van der Waals surface area contributed by atoms with E-state index in [1.165, 1.54) is 12.3 Å². The number of nitro groups is 2. The average molecular weight is 262 g/mol. The first kappa shape index (κ1) is 14.1. The van der Waals surface area contributed by atoms with Gasteiger partial charge in [0.05, 0.1) is 15.9 Å². The van der Waals surface area contributed by atoms with Gasteiger partial charge in [0.15, 0.2) is 0 Å². The predicted molar refractivity (Wildman–Crippen MR) is 70.2 cm³/mol. The van der Waals surface area contributed by atoms with E-state index in [1.807, 2.05) is 0 Å². The molecule has 0 aliphatic carbocycles. The van der Waals surface area contributed by atoms with Gasteiger partial charge in [-0.15, -0.1) is 5.73 Å². The molecule has 1 N–H and O–H groups in total. The summed E-state index contributed by atoms with van der Waals surface area (Å²) in [6.07, 6.45) is 3.55. The fourth-order valence-corrected chi connectivity index (χ4v) is 1.18. The van der Waals surface area contributed by atoms with Crippen LogP contribution in [0.15, 0.2) is 41.7 Å². The molecule has 1 aromatic carbocycles. The molecule has 0 saturated carbocycles. The highest BCUT2D eigenvalue weighted by Gasteiger charge is 2.18. The first-order valence-corrected chi connectivity index (χ1v) is 5.11. The number of non-ortho nitro benzene ring substituents is 1. The van der Waals surface area contributed by atoms with E-state index in [9.17, 15) is 20.2 Å². The van der Waals surface area contributed by atoms with Gasteiger partial charge in [0.1, 0.15) is 5.69 Å². The zero-order valence-corrected chi connectivity index (χ0v) is 9.78. The SMILES string of the molecule is C=C=CCC=NNc1ccc([N+](=O)[O-])cc1[N+](=O)[O-]. The van der Waals surface area contributed by atoms with Crippen LogP contribution >= 0.6 is 0 Å². The molecule has 19 heavy (non-hydrogen) atoms. The summed E-state index contributed by atoms with van der Waals surface area (Å²) in [5, 5.41) is 25.1. The molecule has 0 bridgehead atoms. The van der Waals surface area contributed by atoms with Gasteiger partial charge in [-0.1, -0.05) is 6.58 Å². The van der Waals surface area contributed by atoms with E-state index < -0.39 is 15.5 Å². The zero-order valence-electron chi connectivity index (χ0n) is 9.78. The van der Waals surface area contributed by atoms with E-state index in [2.05, 4.69) is 22.8 Å². The minimum absolute atomic E-state index is 0.0782.